The van der Waals surface area contributed by atoms with E-state index in [1.165, 1.54) is 16.8 Å². The van der Waals surface area contributed by atoms with E-state index in [2.05, 4.69) is 30.2 Å². The topological polar surface area (TPSA) is 24.9 Å². The van der Waals surface area contributed by atoms with Crippen LogP contribution in [0.25, 0.3) is 0 Å². The minimum Gasteiger partial charge on any atom is -0.310 e. The second-order valence-corrected chi connectivity index (χ2v) is 3.47. The number of aromatic nitrogens is 1. The van der Waals surface area contributed by atoms with E-state index in [-0.39, 0.29) is 0 Å². The smallest absolute Gasteiger partial charge is 0.0464 e. The first-order valence-electron chi connectivity index (χ1n) is 4.46. The Morgan fingerprint density at radius 3 is 3.25 bits per heavy atom. The van der Waals surface area contributed by atoms with Gasteiger partial charge in [0, 0.05) is 30.9 Å². The van der Waals surface area contributed by atoms with Gasteiger partial charge in [-0.05, 0) is 25.0 Å². The van der Waals surface area contributed by atoms with Gasteiger partial charge in [-0.3, -0.25) is 4.98 Å². The van der Waals surface area contributed by atoms with E-state index >= 15 is 0 Å². The summed E-state index contributed by atoms with van der Waals surface area (Å²) in [6.45, 7) is 5.35. The molecule has 2 rings (SSSR count). The zero-order chi connectivity index (χ0) is 8.55. The monoisotopic (exact) mass is 162 g/mol. The molecule has 0 amide bonds. The Bertz CT molecular complexity index is 294. The molecule has 0 fully saturated rings. The predicted molar refractivity (Wildman–Crippen MR) is 49.1 cm³/mol. The Balaban J connectivity index is 2.47. The third-order valence-corrected chi connectivity index (χ3v) is 2.42. The maximum absolute atomic E-state index is 4.43. The van der Waals surface area contributed by atoms with Crippen LogP contribution in [-0.4, -0.2) is 11.5 Å². The molecule has 1 atom stereocenters. The number of fused-ring (bicyclic) bond motifs is 1. The van der Waals surface area contributed by atoms with Crippen LogP contribution in [-0.2, 0) is 6.42 Å². The Morgan fingerprint density at radius 2 is 2.42 bits per heavy atom. The summed E-state index contributed by atoms with van der Waals surface area (Å²) in [5.74, 6) is 0. The molecule has 12 heavy (non-hydrogen) atoms. The maximum Gasteiger partial charge on any atom is 0.0464 e. The van der Waals surface area contributed by atoms with Crippen LogP contribution in [0.15, 0.2) is 12.3 Å². The lowest BCUT2D eigenvalue weighted by atomic mass is 9.99. The molecule has 0 aliphatic carbocycles. The molecule has 2 nitrogen and oxygen atoms in total. The first kappa shape index (κ1) is 7.74. The highest BCUT2D eigenvalue weighted by Gasteiger charge is 2.15. The van der Waals surface area contributed by atoms with Crippen LogP contribution < -0.4 is 5.32 Å². The van der Waals surface area contributed by atoms with Gasteiger partial charge in [-0.2, -0.15) is 0 Å². The van der Waals surface area contributed by atoms with Gasteiger partial charge in [-0.1, -0.05) is 6.07 Å². The summed E-state index contributed by atoms with van der Waals surface area (Å²) < 4.78 is 0. The molecule has 0 bridgehead atoms. The van der Waals surface area contributed by atoms with Crippen molar-refractivity contribution >= 4 is 0 Å². The zero-order valence-corrected chi connectivity index (χ0v) is 7.59. The average Bonchev–Trinajstić information content (AvgIpc) is 2.07. The van der Waals surface area contributed by atoms with E-state index < -0.39 is 0 Å². The van der Waals surface area contributed by atoms with Crippen LogP contribution in [0.3, 0.4) is 0 Å². The van der Waals surface area contributed by atoms with Crippen molar-refractivity contribution in [3.05, 3.63) is 29.1 Å². The lowest BCUT2D eigenvalue weighted by Gasteiger charge is -2.22. The summed E-state index contributed by atoms with van der Waals surface area (Å²) in [6, 6.07) is 2.71. The van der Waals surface area contributed by atoms with Gasteiger partial charge in [-0.25, -0.2) is 0 Å². The summed E-state index contributed by atoms with van der Waals surface area (Å²) >= 11 is 0. The van der Waals surface area contributed by atoms with Crippen LogP contribution in [0, 0.1) is 6.92 Å². The largest absolute Gasteiger partial charge is 0.310 e. The number of nitrogens with one attached hydrogen (secondary N) is 1. The number of pyridine rings is 1. The molecule has 1 unspecified atom stereocenters. The predicted octanol–water partition coefficient (Wildman–Crippen LogP) is 1.60. The first-order valence-corrected chi connectivity index (χ1v) is 4.46. The highest BCUT2D eigenvalue weighted by Crippen LogP contribution is 2.20. The fourth-order valence-electron chi connectivity index (χ4n) is 1.72. The Kier molecular flexibility index (Phi) is 1.85. The van der Waals surface area contributed by atoms with Gasteiger partial charge >= 0.3 is 0 Å². The summed E-state index contributed by atoms with van der Waals surface area (Å²) in [7, 11) is 0. The molecule has 0 saturated carbocycles. The molecule has 1 aliphatic heterocycles. The van der Waals surface area contributed by atoms with E-state index in [0.717, 1.165) is 13.0 Å². The van der Waals surface area contributed by atoms with Crippen molar-refractivity contribution in [2.75, 3.05) is 6.54 Å². The lowest BCUT2D eigenvalue weighted by molar-refractivity contribution is 0.532. The minimum absolute atomic E-state index is 0.473. The van der Waals surface area contributed by atoms with Crippen LogP contribution >= 0.6 is 0 Å². The fraction of sp³-hybridized carbons (Fsp3) is 0.500. The standard InChI is InChI=1S/C10H14N2/c1-7-5-9-8(2)11-4-3-10(9)12-6-7/h5-6,8,11H,3-4H2,1-2H3. The first-order chi connectivity index (χ1) is 5.77. The van der Waals surface area contributed by atoms with Crippen LogP contribution in [0.1, 0.15) is 29.8 Å². The lowest BCUT2D eigenvalue weighted by Crippen LogP contribution is -2.28. The summed E-state index contributed by atoms with van der Waals surface area (Å²) in [5.41, 5.74) is 3.90. The van der Waals surface area contributed by atoms with Crippen molar-refractivity contribution in [3.8, 4) is 0 Å². The van der Waals surface area contributed by atoms with Gasteiger partial charge in [0.1, 0.15) is 0 Å². The van der Waals surface area contributed by atoms with Gasteiger partial charge in [0.25, 0.3) is 0 Å². The molecule has 0 saturated heterocycles. The molecule has 1 aliphatic rings. The maximum atomic E-state index is 4.43. The molecule has 64 valence electrons. The van der Waals surface area contributed by atoms with Crippen LogP contribution in [0.4, 0.5) is 0 Å². The molecule has 0 radical (unpaired) electrons. The number of nitrogens with zero attached hydrogens (tertiary/aromatic N) is 1. The molecule has 0 aromatic carbocycles. The van der Waals surface area contributed by atoms with Crippen LogP contribution in [0.5, 0.6) is 0 Å². The van der Waals surface area contributed by atoms with Crippen molar-refractivity contribution < 1.29 is 0 Å². The number of aryl methyl sites for hydroxylation is 1. The van der Waals surface area contributed by atoms with E-state index in [1.54, 1.807) is 0 Å². The van der Waals surface area contributed by atoms with Gasteiger partial charge in [0.05, 0.1) is 0 Å². The second-order valence-electron chi connectivity index (χ2n) is 3.47. The van der Waals surface area contributed by atoms with E-state index in [4.69, 9.17) is 0 Å². The number of hydrogen-bond acceptors (Lipinski definition) is 2. The van der Waals surface area contributed by atoms with Gasteiger partial charge < -0.3 is 5.32 Å². The SMILES string of the molecule is Cc1cnc2c(c1)C(C)NCC2. The minimum atomic E-state index is 0.473. The molecule has 1 aromatic rings. The van der Waals surface area contributed by atoms with Crippen molar-refractivity contribution in [2.24, 2.45) is 0 Å². The molecule has 1 N–H and O–H groups in total. The molecular weight excluding hydrogens is 148 g/mol. The zero-order valence-electron chi connectivity index (χ0n) is 7.59. The second kappa shape index (κ2) is 2.87. The Morgan fingerprint density at radius 1 is 1.58 bits per heavy atom. The third-order valence-electron chi connectivity index (χ3n) is 2.42. The average molecular weight is 162 g/mol. The van der Waals surface area contributed by atoms with Crippen molar-refractivity contribution in [1.82, 2.24) is 10.3 Å². The van der Waals surface area contributed by atoms with Crippen molar-refractivity contribution in [1.29, 1.82) is 0 Å². The van der Waals surface area contributed by atoms with Crippen LogP contribution in [0.2, 0.25) is 0 Å². The fourth-order valence-corrected chi connectivity index (χ4v) is 1.72. The summed E-state index contributed by atoms with van der Waals surface area (Å²) in [6.07, 6.45) is 3.02. The highest BCUT2D eigenvalue weighted by atomic mass is 14.9. The van der Waals surface area contributed by atoms with E-state index in [9.17, 15) is 0 Å². The number of rotatable bonds is 0. The molecule has 2 heteroatoms. The van der Waals surface area contributed by atoms with E-state index in [1.807, 2.05) is 6.20 Å². The molecule has 0 spiro atoms. The quantitative estimate of drug-likeness (QED) is 0.626. The summed E-state index contributed by atoms with van der Waals surface area (Å²) in [4.78, 5) is 4.43. The normalized spacial score (nSPS) is 22.0. The van der Waals surface area contributed by atoms with Gasteiger partial charge in [0.2, 0.25) is 0 Å². The third kappa shape index (κ3) is 1.23. The molecule has 1 aromatic heterocycles. The molecular formula is C10H14N2. The Labute approximate surface area is 73.0 Å². The van der Waals surface area contributed by atoms with Crippen molar-refractivity contribution in [3.63, 3.8) is 0 Å². The Hall–Kier alpha value is -0.890. The van der Waals surface area contributed by atoms with E-state index in [0.29, 0.717) is 6.04 Å². The van der Waals surface area contributed by atoms with Gasteiger partial charge in [0.15, 0.2) is 0 Å². The summed E-state index contributed by atoms with van der Waals surface area (Å²) in [5, 5.41) is 3.43. The molecule has 2 heterocycles. The highest BCUT2D eigenvalue weighted by molar-refractivity contribution is 5.29. The van der Waals surface area contributed by atoms with Crippen molar-refractivity contribution in [2.45, 2.75) is 26.3 Å². The number of hydrogen-bond donors (Lipinski definition) is 1. The van der Waals surface area contributed by atoms with Gasteiger partial charge in [-0.15, -0.1) is 0 Å².